The number of nitrogens with zero attached hydrogens (tertiary/aromatic N) is 3. The lowest BCUT2D eigenvalue weighted by Crippen LogP contribution is -2.09. The van der Waals surface area contributed by atoms with Crippen LogP contribution < -0.4 is 0 Å². The minimum atomic E-state index is -0.0123. The zero-order chi connectivity index (χ0) is 17.9. The van der Waals surface area contributed by atoms with E-state index < -0.39 is 0 Å². The van der Waals surface area contributed by atoms with Crippen molar-refractivity contribution in [3.05, 3.63) is 0 Å². The molecule has 3 atom stereocenters. The molecular formula is C15H27N3O3S3. The van der Waals surface area contributed by atoms with Crippen LogP contribution in [0.3, 0.4) is 0 Å². The van der Waals surface area contributed by atoms with Gasteiger partial charge in [0.25, 0.3) is 0 Å². The standard InChI is InChI=1S/C15H27N3O3S3/c1-7-19-10(4)22-13-16-14(23-11(5)20-8-2)18-15(17-13)24-12(6)21-9-3/h10-12H,7-9H2,1-6H3. The van der Waals surface area contributed by atoms with Gasteiger partial charge in [0.15, 0.2) is 15.5 Å². The summed E-state index contributed by atoms with van der Waals surface area (Å²) in [6.45, 7) is 13.9. The van der Waals surface area contributed by atoms with Crippen molar-refractivity contribution in [1.82, 2.24) is 15.0 Å². The molecule has 0 aliphatic carbocycles. The number of hydrogen-bond donors (Lipinski definition) is 0. The van der Waals surface area contributed by atoms with Crippen molar-refractivity contribution in [1.29, 1.82) is 0 Å². The Kier molecular flexibility index (Phi) is 11.3. The Balaban J connectivity index is 2.91. The maximum atomic E-state index is 5.56. The van der Waals surface area contributed by atoms with E-state index >= 15 is 0 Å². The van der Waals surface area contributed by atoms with E-state index in [4.69, 9.17) is 14.2 Å². The smallest absolute Gasteiger partial charge is 0.195 e. The molecule has 0 spiro atoms. The summed E-state index contributed by atoms with van der Waals surface area (Å²) in [4.78, 5) is 13.6. The van der Waals surface area contributed by atoms with E-state index in [9.17, 15) is 0 Å². The summed E-state index contributed by atoms with van der Waals surface area (Å²) in [6, 6.07) is 0. The molecular weight excluding hydrogens is 366 g/mol. The third kappa shape index (κ3) is 8.87. The normalized spacial score (nSPS) is 15.2. The molecule has 0 radical (unpaired) electrons. The van der Waals surface area contributed by atoms with Crippen molar-refractivity contribution < 1.29 is 14.2 Å². The van der Waals surface area contributed by atoms with Crippen LogP contribution in [0.4, 0.5) is 0 Å². The third-order valence-electron chi connectivity index (χ3n) is 2.59. The van der Waals surface area contributed by atoms with Crippen molar-refractivity contribution in [3.63, 3.8) is 0 Å². The van der Waals surface area contributed by atoms with Crippen molar-refractivity contribution >= 4 is 35.3 Å². The highest BCUT2D eigenvalue weighted by Gasteiger charge is 2.16. The van der Waals surface area contributed by atoms with E-state index in [2.05, 4.69) is 15.0 Å². The Labute approximate surface area is 157 Å². The summed E-state index contributed by atoms with van der Waals surface area (Å²) >= 11 is 4.45. The van der Waals surface area contributed by atoms with Crippen molar-refractivity contribution in [2.75, 3.05) is 19.8 Å². The molecule has 9 heteroatoms. The van der Waals surface area contributed by atoms with E-state index in [-0.39, 0.29) is 16.3 Å². The molecule has 1 heterocycles. The zero-order valence-corrected chi connectivity index (χ0v) is 17.6. The summed E-state index contributed by atoms with van der Waals surface area (Å²) in [5, 5.41) is 1.97. The maximum Gasteiger partial charge on any atom is 0.195 e. The van der Waals surface area contributed by atoms with Crippen LogP contribution in [0.15, 0.2) is 15.5 Å². The summed E-state index contributed by atoms with van der Waals surface area (Å²) in [7, 11) is 0. The molecule has 0 amide bonds. The highest BCUT2D eigenvalue weighted by Crippen LogP contribution is 2.29. The van der Waals surface area contributed by atoms with E-state index in [1.54, 1.807) is 0 Å². The van der Waals surface area contributed by atoms with Crippen molar-refractivity contribution in [3.8, 4) is 0 Å². The summed E-state index contributed by atoms with van der Waals surface area (Å²) in [5.41, 5.74) is -0.0369. The fraction of sp³-hybridized carbons (Fsp3) is 0.800. The Morgan fingerprint density at radius 3 is 1.08 bits per heavy atom. The molecule has 0 N–H and O–H groups in total. The van der Waals surface area contributed by atoms with Crippen molar-refractivity contribution in [2.24, 2.45) is 0 Å². The van der Waals surface area contributed by atoms with Gasteiger partial charge in [-0.3, -0.25) is 0 Å². The summed E-state index contributed by atoms with van der Waals surface area (Å²) in [6.07, 6.45) is 0. The van der Waals surface area contributed by atoms with Crippen LogP contribution in [0.2, 0.25) is 0 Å². The molecule has 0 aliphatic rings. The molecule has 1 rings (SSSR count). The molecule has 138 valence electrons. The average molecular weight is 394 g/mol. The van der Waals surface area contributed by atoms with Crippen molar-refractivity contribution in [2.45, 2.75) is 73.3 Å². The Morgan fingerprint density at radius 1 is 0.625 bits per heavy atom. The van der Waals surface area contributed by atoms with Gasteiger partial charge in [0.1, 0.15) is 16.3 Å². The van der Waals surface area contributed by atoms with Crippen LogP contribution in [0, 0.1) is 0 Å². The topological polar surface area (TPSA) is 66.4 Å². The number of aromatic nitrogens is 3. The van der Waals surface area contributed by atoms with Gasteiger partial charge >= 0.3 is 0 Å². The predicted octanol–water partition coefficient (Wildman–Crippen LogP) is 4.30. The molecule has 0 saturated heterocycles. The summed E-state index contributed by atoms with van der Waals surface area (Å²) in [5.74, 6) is 0. The van der Waals surface area contributed by atoms with E-state index in [1.165, 1.54) is 35.3 Å². The van der Waals surface area contributed by atoms with Gasteiger partial charge in [-0.1, -0.05) is 35.3 Å². The predicted molar refractivity (Wildman–Crippen MR) is 101 cm³/mol. The third-order valence-corrected chi connectivity index (χ3v) is 5.18. The van der Waals surface area contributed by atoms with Crippen LogP contribution in [-0.2, 0) is 14.2 Å². The minimum absolute atomic E-state index is 0.0123. The van der Waals surface area contributed by atoms with Gasteiger partial charge in [-0.05, 0) is 41.5 Å². The lowest BCUT2D eigenvalue weighted by molar-refractivity contribution is 0.136. The zero-order valence-electron chi connectivity index (χ0n) is 15.1. The maximum absolute atomic E-state index is 5.56. The van der Waals surface area contributed by atoms with Gasteiger partial charge < -0.3 is 14.2 Å². The molecule has 3 unspecified atom stereocenters. The fourth-order valence-corrected chi connectivity index (χ4v) is 4.24. The quantitative estimate of drug-likeness (QED) is 0.382. The lowest BCUT2D eigenvalue weighted by atomic mass is 10.8. The first-order chi connectivity index (χ1) is 11.5. The molecule has 0 aromatic carbocycles. The molecule has 24 heavy (non-hydrogen) atoms. The Bertz CT molecular complexity index is 404. The van der Waals surface area contributed by atoms with Crippen LogP contribution in [-0.4, -0.2) is 51.1 Å². The molecule has 6 nitrogen and oxygen atoms in total. The monoisotopic (exact) mass is 393 g/mol. The highest BCUT2D eigenvalue weighted by atomic mass is 32.2. The summed E-state index contributed by atoms with van der Waals surface area (Å²) < 4.78 is 16.7. The average Bonchev–Trinajstić information content (AvgIpc) is 2.47. The van der Waals surface area contributed by atoms with Gasteiger partial charge in [0.05, 0.1) is 0 Å². The Hall–Kier alpha value is -0.0600. The first-order valence-electron chi connectivity index (χ1n) is 8.09. The van der Waals surface area contributed by atoms with Gasteiger partial charge in [-0.15, -0.1) is 0 Å². The van der Waals surface area contributed by atoms with Gasteiger partial charge in [0.2, 0.25) is 0 Å². The largest absolute Gasteiger partial charge is 0.368 e. The molecule has 0 fully saturated rings. The molecule has 0 bridgehead atoms. The molecule has 0 saturated carbocycles. The van der Waals surface area contributed by atoms with E-state index in [1.807, 2.05) is 41.5 Å². The van der Waals surface area contributed by atoms with Crippen LogP contribution >= 0.6 is 35.3 Å². The SMILES string of the molecule is CCOC(C)Sc1nc(SC(C)OCC)nc(SC(C)OCC)n1. The number of ether oxygens (including phenoxy) is 3. The van der Waals surface area contributed by atoms with Gasteiger partial charge in [0, 0.05) is 19.8 Å². The number of hydrogen-bond acceptors (Lipinski definition) is 9. The Morgan fingerprint density at radius 2 is 0.875 bits per heavy atom. The molecule has 1 aromatic rings. The first-order valence-corrected chi connectivity index (χ1v) is 10.7. The van der Waals surface area contributed by atoms with Crippen LogP contribution in [0.25, 0.3) is 0 Å². The van der Waals surface area contributed by atoms with Crippen LogP contribution in [0.5, 0.6) is 0 Å². The second kappa shape index (κ2) is 12.3. The second-order valence-corrected chi connectivity index (χ2v) is 8.40. The minimum Gasteiger partial charge on any atom is -0.368 e. The second-order valence-electron chi connectivity index (χ2n) is 4.61. The van der Waals surface area contributed by atoms with E-state index in [0.717, 1.165) is 0 Å². The number of rotatable bonds is 12. The molecule has 1 aromatic heterocycles. The molecule has 0 aliphatic heterocycles. The fourth-order valence-electron chi connectivity index (χ4n) is 1.73. The number of thioether (sulfide) groups is 3. The lowest BCUT2D eigenvalue weighted by Gasteiger charge is -2.14. The van der Waals surface area contributed by atoms with E-state index in [0.29, 0.717) is 35.3 Å². The highest BCUT2D eigenvalue weighted by molar-refractivity contribution is 8.00. The van der Waals surface area contributed by atoms with Gasteiger partial charge in [-0.2, -0.15) is 15.0 Å². The first kappa shape index (κ1) is 22.0. The van der Waals surface area contributed by atoms with Crippen LogP contribution in [0.1, 0.15) is 41.5 Å². The van der Waals surface area contributed by atoms with Gasteiger partial charge in [-0.25, -0.2) is 0 Å².